The molecular formula is C28H46N2O4Si. The van der Waals surface area contributed by atoms with Crippen molar-refractivity contribution in [1.82, 2.24) is 9.80 Å². The molecule has 2 amide bonds. The maximum absolute atomic E-state index is 13.8. The van der Waals surface area contributed by atoms with Gasteiger partial charge < -0.3 is 9.16 Å². The molecule has 1 aromatic rings. The second-order valence-electron chi connectivity index (χ2n) is 13.0. The molecular weight excluding hydrogens is 456 g/mol. The van der Waals surface area contributed by atoms with Crippen molar-refractivity contribution in [2.24, 2.45) is 5.41 Å². The highest BCUT2D eigenvalue weighted by molar-refractivity contribution is 6.74. The zero-order valence-electron chi connectivity index (χ0n) is 23.1. The van der Waals surface area contributed by atoms with Crippen LogP contribution in [-0.2, 0) is 20.5 Å². The number of hydrogen-bond acceptors (Lipinski definition) is 5. The van der Waals surface area contributed by atoms with E-state index in [9.17, 15) is 9.59 Å². The number of ether oxygens (including phenoxy) is 1. The summed E-state index contributed by atoms with van der Waals surface area (Å²) in [6.07, 6.45) is 2.40. The van der Waals surface area contributed by atoms with Gasteiger partial charge in [0.15, 0.2) is 8.32 Å². The molecule has 2 aliphatic heterocycles. The fourth-order valence-electron chi connectivity index (χ4n) is 4.89. The first-order valence-corrected chi connectivity index (χ1v) is 16.0. The maximum Gasteiger partial charge on any atom is 0.417 e. The van der Waals surface area contributed by atoms with Gasteiger partial charge in [0.1, 0.15) is 5.60 Å². The van der Waals surface area contributed by atoms with Crippen LogP contribution < -0.4 is 0 Å². The largest absolute Gasteiger partial charge is 0.443 e. The first-order valence-electron chi connectivity index (χ1n) is 13.1. The molecule has 2 heterocycles. The van der Waals surface area contributed by atoms with E-state index in [0.717, 1.165) is 32.5 Å². The SMILES string of the molecule is CC(C)(C)OC(=O)N1C(=O)C2(CCN(Cc3ccccc3)CC2)C[C@H]1CCO[Si](C)(C)C(C)(C)C. The van der Waals surface area contributed by atoms with Crippen molar-refractivity contribution in [1.29, 1.82) is 0 Å². The maximum atomic E-state index is 13.8. The molecule has 6 nitrogen and oxygen atoms in total. The molecule has 7 heteroatoms. The number of benzene rings is 1. The van der Waals surface area contributed by atoms with Crippen LogP contribution in [0.3, 0.4) is 0 Å². The Morgan fingerprint density at radius 3 is 2.20 bits per heavy atom. The zero-order valence-corrected chi connectivity index (χ0v) is 24.1. The Labute approximate surface area is 213 Å². The van der Waals surface area contributed by atoms with E-state index in [4.69, 9.17) is 9.16 Å². The number of carbonyl (C=O) groups excluding carboxylic acids is 2. The Kier molecular flexibility index (Phi) is 8.24. The minimum Gasteiger partial charge on any atom is -0.443 e. The molecule has 0 aliphatic carbocycles. The summed E-state index contributed by atoms with van der Waals surface area (Å²) in [6.45, 7) is 19.9. The molecule has 196 valence electrons. The zero-order chi connectivity index (χ0) is 26.1. The number of nitrogens with zero attached hydrogens (tertiary/aromatic N) is 2. The third-order valence-corrected chi connectivity index (χ3v) is 12.6. The number of hydrogen-bond donors (Lipinski definition) is 0. The molecule has 0 radical (unpaired) electrons. The van der Waals surface area contributed by atoms with Crippen LogP contribution in [-0.4, -0.2) is 61.5 Å². The molecule has 2 fully saturated rings. The van der Waals surface area contributed by atoms with Gasteiger partial charge >= 0.3 is 6.09 Å². The smallest absolute Gasteiger partial charge is 0.417 e. The van der Waals surface area contributed by atoms with E-state index < -0.39 is 25.4 Å². The molecule has 2 aliphatic rings. The third-order valence-electron chi connectivity index (χ3n) is 8.04. The van der Waals surface area contributed by atoms with Crippen molar-refractivity contribution in [3.05, 3.63) is 35.9 Å². The fraction of sp³-hybridized carbons (Fsp3) is 0.714. The molecule has 0 saturated carbocycles. The molecule has 35 heavy (non-hydrogen) atoms. The lowest BCUT2D eigenvalue weighted by atomic mass is 9.75. The van der Waals surface area contributed by atoms with E-state index >= 15 is 0 Å². The lowest BCUT2D eigenvalue weighted by molar-refractivity contribution is -0.138. The summed E-state index contributed by atoms with van der Waals surface area (Å²) in [5, 5.41) is 0.121. The van der Waals surface area contributed by atoms with Gasteiger partial charge in [-0.25, -0.2) is 9.69 Å². The second kappa shape index (κ2) is 10.3. The standard InChI is InChI=1S/C28H46N2O4Si/c1-26(2,3)34-25(32)30-23(14-19-33-35(7,8)27(4,5)6)20-28(24(30)31)15-17-29(18-16-28)21-22-12-10-9-11-13-22/h9-13,23H,14-21H2,1-8H3/t23-/m1/s1. The molecule has 0 unspecified atom stereocenters. The van der Waals surface area contributed by atoms with Gasteiger partial charge in [-0.1, -0.05) is 51.1 Å². The summed E-state index contributed by atoms with van der Waals surface area (Å²) in [7, 11) is -1.90. The topological polar surface area (TPSA) is 59.1 Å². The van der Waals surface area contributed by atoms with Crippen molar-refractivity contribution in [3.63, 3.8) is 0 Å². The van der Waals surface area contributed by atoms with Gasteiger partial charge in [-0.15, -0.1) is 0 Å². The molecule has 1 aromatic carbocycles. The summed E-state index contributed by atoms with van der Waals surface area (Å²) in [4.78, 5) is 30.8. The Morgan fingerprint density at radius 1 is 1.06 bits per heavy atom. The summed E-state index contributed by atoms with van der Waals surface area (Å²) in [5.74, 6) is -0.0524. The van der Waals surface area contributed by atoms with Crippen LogP contribution in [0.25, 0.3) is 0 Å². The Bertz CT molecular complexity index is 880. The highest BCUT2D eigenvalue weighted by Gasteiger charge is 2.55. The number of amides is 2. The minimum absolute atomic E-state index is 0.0524. The number of imide groups is 1. The van der Waals surface area contributed by atoms with Crippen molar-refractivity contribution < 1.29 is 18.8 Å². The summed E-state index contributed by atoms with van der Waals surface area (Å²) >= 11 is 0. The Balaban J connectivity index is 1.70. The van der Waals surface area contributed by atoms with Crippen molar-refractivity contribution in [3.8, 4) is 0 Å². The van der Waals surface area contributed by atoms with Gasteiger partial charge in [-0.3, -0.25) is 9.69 Å². The molecule has 2 saturated heterocycles. The van der Waals surface area contributed by atoms with Crippen LogP contribution in [0.1, 0.15) is 72.8 Å². The molecule has 0 aromatic heterocycles. The van der Waals surface area contributed by atoms with Crippen molar-refractivity contribution in [2.75, 3.05) is 19.7 Å². The van der Waals surface area contributed by atoms with E-state index in [0.29, 0.717) is 19.4 Å². The summed E-state index contributed by atoms with van der Waals surface area (Å²) in [5.41, 5.74) is 0.164. The van der Waals surface area contributed by atoms with E-state index in [1.807, 2.05) is 26.8 Å². The van der Waals surface area contributed by atoms with Gasteiger partial charge in [0.2, 0.25) is 5.91 Å². The highest BCUT2D eigenvalue weighted by Crippen LogP contribution is 2.46. The van der Waals surface area contributed by atoms with Crippen molar-refractivity contribution in [2.45, 2.75) is 104 Å². The predicted octanol–water partition coefficient (Wildman–Crippen LogP) is 6.22. The molecule has 1 atom stereocenters. The van der Waals surface area contributed by atoms with Crippen LogP contribution in [0.2, 0.25) is 18.1 Å². The third kappa shape index (κ3) is 6.74. The second-order valence-corrected chi connectivity index (χ2v) is 17.8. The quantitative estimate of drug-likeness (QED) is 0.432. The lowest BCUT2D eigenvalue weighted by Crippen LogP contribution is -2.47. The van der Waals surface area contributed by atoms with Crippen molar-refractivity contribution >= 4 is 20.3 Å². The van der Waals surface area contributed by atoms with Gasteiger partial charge in [-0.2, -0.15) is 0 Å². The predicted molar refractivity (Wildman–Crippen MR) is 143 cm³/mol. The Hall–Kier alpha value is -1.70. The van der Waals surface area contributed by atoms with E-state index in [2.05, 4.69) is 63.0 Å². The van der Waals surface area contributed by atoms with Gasteiger partial charge in [0, 0.05) is 19.2 Å². The van der Waals surface area contributed by atoms with Crippen LogP contribution in [0.4, 0.5) is 4.79 Å². The monoisotopic (exact) mass is 502 g/mol. The molecule has 3 rings (SSSR count). The average molecular weight is 503 g/mol. The fourth-order valence-corrected chi connectivity index (χ4v) is 5.95. The first kappa shape index (κ1) is 27.9. The van der Waals surface area contributed by atoms with E-state index in [1.54, 1.807) is 0 Å². The van der Waals surface area contributed by atoms with Gasteiger partial charge in [0.05, 0.1) is 5.41 Å². The molecule has 1 spiro atoms. The number of rotatable bonds is 6. The normalized spacial score (nSPS) is 21.5. The Morgan fingerprint density at radius 2 is 1.66 bits per heavy atom. The lowest BCUT2D eigenvalue weighted by Gasteiger charge is -2.38. The molecule has 0 bridgehead atoms. The molecule has 0 N–H and O–H groups in total. The number of piperidine rings is 1. The van der Waals surface area contributed by atoms with Gasteiger partial charge in [0.25, 0.3) is 0 Å². The van der Waals surface area contributed by atoms with E-state index in [-0.39, 0.29) is 17.0 Å². The number of likely N-dealkylation sites (tertiary alicyclic amines) is 2. The van der Waals surface area contributed by atoms with Crippen LogP contribution >= 0.6 is 0 Å². The highest BCUT2D eigenvalue weighted by atomic mass is 28.4. The summed E-state index contributed by atoms with van der Waals surface area (Å²) < 4.78 is 12.1. The van der Waals surface area contributed by atoms with Crippen LogP contribution in [0.15, 0.2) is 30.3 Å². The van der Waals surface area contributed by atoms with E-state index in [1.165, 1.54) is 10.5 Å². The summed E-state index contributed by atoms with van der Waals surface area (Å²) in [6, 6.07) is 10.3. The minimum atomic E-state index is -1.90. The first-order chi connectivity index (χ1) is 16.1. The van der Waals surface area contributed by atoms with Gasteiger partial charge in [-0.05, 0) is 83.2 Å². The van der Waals surface area contributed by atoms with Crippen LogP contribution in [0.5, 0.6) is 0 Å². The average Bonchev–Trinajstić information content (AvgIpc) is 3.00. The number of carbonyl (C=O) groups is 2. The van der Waals surface area contributed by atoms with Crippen LogP contribution in [0, 0.1) is 5.41 Å².